The van der Waals surface area contributed by atoms with Gasteiger partial charge in [-0.3, -0.25) is 0 Å². The van der Waals surface area contributed by atoms with E-state index in [9.17, 15) is 0 Å². The van der Waals surface area contributed by atoms with Crippen molar-refractivity contribution in [2.75, 3.05) is 10.6 Å². The zero-order valence-electron chi connectivity index (χ0n) is 20.0. The summed E-state index contributed by atoms with van der Waals surface area (Å²) < 4.78 is 0. The second-order valence-electron chi connectivity index (χ2n) is 8.48. The molecular formula is C34H28N2. The Morgan fingerprint density at radius 2 is 0.528 bits per heavy atom. The van der Waals surface area contributed by atoms with E-state index < -0.39 is 0 Å². The summed E-state index contributed by atoms with van der Waals surface area (Å²) in [5, 5.41) is 9.44. The van der Waals surface area contributed by atoms with Gasteiger partial charge in [0.1, 0.15) is 0 Å². The predicted molar refractivity (Wildman–Crippen MR) is 155 cm³/mol. The van der Waals surface area contributed by atoms with Gasteiger partial charge in [0, 0.05) is 22.7 Å². The Kier molecular flexibility index (Phi) is 7.36. The summed E-state index contributed by atoms with van der Waals surface area (Å²) in [5.74, 6) is 0. The van der Waals surface area contributed by atoms with E-state index in [0.29, 0.717) is 0 Å². The Hall–Kier alpha value is -4.82. The summed E-state index contributed by atoms with van der Waals surface area (Å²) in [4.78, 5) is 0. The maximum atomic E-state index is 3.41. The van der Waals surface area contributed by atoms with E-state index in [0.717, 1.165) is 22.7 Å². The largest absolute Gasteiger partial charge is 0.356 e. The highest BCUT2D eigenvalue weighted by molar-refractivity contribution is 5.82. The van der Waals surface area contributed by atoms with E-state index in [1.807, 2.05) is 36.4 Å². The molecule has 0 saturated carbocycles. The van der Waals surface area contributed by atoms with Gasteiger partial charge in [0.15, 0.2) is 0 Å². The zero-order chi connectivity index (χ0) is 24.4. The van der Waals surface area contributed by atoms with Gasteiger partial charge in [-0.1, -0.05) is 109 Å². The molecule has 6 aromatic carbocycles. The average Bonchev–Trinajstić information content (AvgIpc) is 2.96. The van der Waals surface area contributed by atoms with Crippen LogP contribution in [0.2, 0.25) is 0 Å². The molecule has 0 aliphatic rings. The summed E-state index contributed by atoms with van der Waals surface area (Å²) in [7, 11) is 0. The molecule has 174 valence electrons. The number of nitrogens with one attached hydrogen (secondary N) is 2. The van der Waals surface area contributed by atoms with Gasteiger partial charge in [0.05, 0.1) is 0 Å². The molecule has 0 heterocycles. The van der Waals surface area contributed by atoms with Crippen molar-refractivity contribution in [1.82, 2.24) is 0 Å². The van der Waals surface area contributed by atoms with Gasteiger partial charge in [-0.25, -0.2) is 0 Å². The smallest absolute Gasteiger partial charge is 0.0384 e. The molecule has 2 nitrogen and oxygen atoms in total. The fourth-order valence-electron chi connectivity index (χ4n) is 4.00. The van der Waals surface area contributed by atoms with Crippen LogP contribution in [0.1, 0.15) is 0 Å². The topological polar surface area (TPSA) is 24.1 Å². The van der Waals surface area contributed by atoms with Crippen molar-refractivity contribution in [3.63, 3.8) is 0 Å². The molecule has 0 unspecified atom stereocenters. The molecule has 0 aliphatic carbocycles. The highest BCUT2D eigenvalue weighted by atomic mass is 14.9. The third kappa shape index (κ3) is 6.19. The van der Waals surface area contributed by atoms with Crippen molar-refractivity contribution in [3.8, 4) is 11.1 Å². The number of hydrogen-bond acceptors (Lipinski definition) is 2. The van der Waals surface area contributed by atoms with Crippen LogP contribution in [-0.2, 0) is 0 Å². The predicted octanol–water partition coefficient (Wildman–Crippen LogP) is 9.68. The molecule has 0 aromatic heterocycles. The molecule has 2 N–H and O–H groups in total. The summed E-state index contributed by atoms with van der Waals surface area (Å²) >= 11 is 0. The normalized spacial score (nSPS) is 10.2. The lowest BCUT2D eigenvalue weighted by molar-refractivity contribution is 1.53. The van der Waals surface area contributed by atoms with Gasteiger partial charge in [0.2, 0.25) is 0 Å². The highest BCUT2D eigenvalue weighted by Crippen LogP contribution is 2.25. The Bertz CT molecular complexity index is 1340. The van der Waals surface area contributed by atoms with E-state index >= 15 is 0 Å². The lowest BCUT2D eigenvalue weighted by Crippen LogP contribution is -1.90. The van der Waals surface area contributed by atoms with Crippen LogP contribution in [-0.4, -0.2) is 0 Å². The van der Waals surface area contributed by atoms with Crippen LogP contribution in [0.25, 0.3) is 21.9 Å². The van der Waals surface area contributed by atoms with Crippen LogP contribution < -0.4 is 10.6 Å². The van der Waals surface area contributed by atoms with Crippen LogP contribution in [0.3, 0.4) is 0 Å². The quantitative estimate of drug-likeness (QED) is 0.265. The molecular weight excluding hydrogens is 436 g/mol. The fraction of sp³-hybridized carbons (Fsp3) is 0. The van der Waals surface area contributed by atoms with E-state index in [2.05, 4.69) is 132 Å². The van der Waals surface area contributed by atoms with E-state index in [-0.39, 0.29) is 0 Å². The number of benzene rings is 6. The number of para-hydroxylation sites is 2. The molecule has 6 rings (SSSR count). The van der Waals surface area contributed by atoms with E-state index in [1.54, 1.807) is 0 Å². The van der Waals surface area contributed by atoms with Gasteiger partial charge in [0.25, 0.3) is 0 Å². The zero-order valence-corrected chi connectivity index (χ0v) is 20.0. The highest BCUT2D eigenvalue weighted by Gasteiger charge is 2.00. The van der Waals surface area contributed by atoms with Gasteiger partial charge >= 0.3 is 0 Å². The maximum absolute atomic E-state index is 3.41. The lowest BCUT2D eigenvalue weighted by Gasteiger charge is -2.09. The van der Waals surface area contributed by atoms with Crippen LogP contribution >= 0.6 is 0 Å². The van der Waals surface area contributed by atoms with Gasteiger partial charge in [-0.15, -0.1) is 0 Å². The first-order chi connectivity index (χ1) is 17.8. The van der Waals surface area contributed by atoms with E-state index in [1.165, 1.54) is 21.9 Å². The van der Waals surface area contributed by atoms with Crippen LogP contribution in [0, 0.1) is 0 Å². The molecule has 36 heavy (non-hydrogen) atoms. The first-order valence-electron chi connectivity index (χ1n) is 12.1. The molecule has 0 radical (unpaired) electrons. The summed E-state index contributed by atoms with van der Waals surface area (Å²) in [6.45, 7) is 0. The van der Waals surface area contributed by atoms with Crippen molar-refractivity contribution < 1.29 is 0 Å². The monoisotopic (exact) mass is 464 g/mol. The first-order valence-corrected chi connectivity index (χ1v) is 12.1. The minimum atomic E-state index is 1.09. The molecule has 0 amide bonds. The van der Waals surface area contributed by atoms with Crippen molar-refractivity contribution >= 4 is 33.5 Å². The van der Waals surface area contributed by atoms with Crippen LogP contribution in [0.5, 0.6) is 0 Å². The Labute approximate surface area is 212 Å². The SMILES string of the molecule is c1ccc(Nc2ccc(-c3ccc(Nc4ccccc4)cc3)cc2)cc1.c1ccc2ccccc2c1. The Morgan fingerprint density at radius 3 is 0.861 bits per heavy atom. The molecule has 0 saturated heterocycles. The minimum Gasteiger partial charge on any atom is -0.356 e. The van der Waals surface area contributed by atoms with Crippen molar-refractivity contribution in [2.45, 2.75) is 0 Å². The van der Waals surface area contributed by atoms with Crippen molar-refractivity contribution in [3.05, 3.63) is 158 Å². The van der Waals surface area contributed by atoms with Crippen LogP contribution in [0.15, 0.2) is 158 Å². The molecule has 2 heteroatoms. The fourth-order valence-corrected chi connectivity index (χ4v) is 4.00. The molecule has 0 bridgehead atoms. The molecule has 0 fully saturated rings. The lowest BCUT2D eigenvalue weighted by atomic mass is 10.0. The summed E-state index contributed by atoms with van der Waals surface area (Å²) in [5.41, 5.74) is 6.77. The maximum Gasteiger partial charge on any atom is 0.0384 e. The van der Waals surface area contributed by atoms with Crippen LogP contribution in [0.4, 0.5) is 22.7 Å². The molecule has 0 spiro atoms. The second kappa shape index (κ2) is 11.5. The minimum absolute atomic E-state index is 1.09. The summed E-state index contributed by atoms with van der Waals surface area (Å²) in [6, 6.07) is 54.1. The molecule has 6 aromatic rings. The second-order valence-corrected chi connectivity index (χ2v) is 8.48. The van der Waals surface area contributed by atoms with Crippen molar-refractivity contribution in [1.29, 1.82) is 0 Å². The van der Waals surface area contributed by atoms with Gasteiger partial charge < -0.3 is 10.6 Å². The molecule has 0 aliphatic heterocycles. The number of hydrogen-bond donors (Lipinski definition) is 2. The number of anilines is 4. The Balaban J connectivity index is 0.000000222. The average molecular weight is 465 g/mol. The van der Waals surface area contributed by atoms with Gasteiger partial charge in [-0.05, 0) is 70.4 Å². The summed E-state index contributed by atoms with van der Waals surface area (Å²) in [6.07, 6.45) is 0. The third-order valence-electron chi connectivity index (χ3n) is 5.89. The third-order valence-corrected chi connectivity index (χ3v) is 5.89. The Morgan fingerprint density at radius 1 is 0.250 bits per heavy atom. The number of rotatable bonds is 5. The van der Waals surface area contributed by atoms with Gasteiger partial charge in [-0.2, -0.15) is 0 Å². The van der Waals surface area contributed by atoms with Crippen molar-refractivity contribution in [2.24, 2.45) is 0 Å². The molecule has 0 atom stereocenters. The number of fused-ring (bicyclic) bond motifs is 1. The first kappa shape index (κ1) is 22.9. The standard InChI is InChI=1S/C24H20N2.C10H8/c1-3-7-21(8-4-1)25-23-15-11-19(12-16-23)20-13-17-24(18-14-20)26-22-9-5-2-6-10-22;1-2-6-10-8-4-3-7-9(10)5-1/h1-18,25-26H;1-8H. The van der Waals surface area contributed by atoms with E-state index in [4.69, 9.17) is 0 Å².